The molecule has 0 aliphatic heterocycles. The SMILES string of the molecule is [2H]C([2H])(Br)C(C)=O. The molecule has 0 saturated heterocycles. The molecule has 0 aromatic heterocycles. The Morgan fingerprint density at radius 2 is 2.60 bits per heavy atom. The number of Topliss-reactive ketones (excluding diaryl/α,β-unsaturated/α-hetero) is 1. The lowest BCUT2D eigenvalue weighted by Gasteiger charge is -1.69. The van der Waals surface area contributed by atoms with Crippen molar-refractivity contribution < 1.29 is 7.54 Å². The van der Waals surface area contributed by atoms with Crippen molar-refractivity contribution in [2.24, 2.45) is 0 Å². The standard InChI is InChI=1S/C3H5BrO/c1-3(5)2-4/h2H2,1H3/i2D2. The number of ketones is 1. The number of hydrogen-bond acceptors (Lipinski definition) is 1. The van der Waals surface area contributed by atoms with Gasteiger partial charge in [-0.15, -0.1) is 0 Å². The van der Waals surface area contributed by atoms with E-state index >= 15 is 0 Å². The normalized spacial score (nSPS) is 16.4. The van der Waals surface area contributed by atoms with Crippen LogP contribution in [0.1, 0.15) is 9.67 Å². The molecule has 30 valence electrons. The minimum absolute atomic E-state index is 0.507. The Hall–Kier alpha value is 0.150. The fourth-order valence-electron chi connectivity index (χ4n) is 0. The van der Waals surface area contributed by atoms with Crippen molar-refractivity contribution in [1.29, 1.82) is 0 Å². The monoisotopic (exact) mass is 138 g/mol. The molecular formula is C3H5BrO. The lowest BCUT2D eigenvalue weighted by Crippen LogP contribution is -1.85. The maximum absolute atomic E-state index is 10.0. The van der Waals surface area contributed by atoms with Crippen LogP contribution in [0.4, 0.5) is 0 Å². The van der Waals surface area contributed by atoms with E-state index in [2.05, 4.69) is 15.9 Å². The van der Waals surface area contributed by atoms with Crippen molar-refractivity contribution in [3.63, 3.8) is 0 Å². The third kappa shape index (κ3) is 4.15. The number of hydrogen-bond donors (Lipinski definition) is 0. The minimum atomic E-state index is -1.83. The molecule has 0 unspecified atom stereocenters. The lowest BCUT2D eigenvalue weighted by atomic mass is 10.5. The molecule has 0 spiro atoms. The van der Waals surface area contributed by atoms with Crippen molar-refractivity contribution in [3.8, 4) is 0 Å². The summed E-state index contributed by atoms with van der Waals surface area (Å²) >= 11 is 2.53. The first-order valence-corrected chi connectivity index (χ1v) is 1.94. The van der Waals surface area contributed by atoms with Gasteiger partial charge in [-0.1, -0.05) is 15.9 Å². The number of alkyl halides is 1. The van der Waals surface area contributed by atoms with Gasteiger partial charge in [0.2, 0.25) is 0 Å². The summed E-state index contributed by atoms with van der Waals surface area (Å²) in [7, 11) is 0. The van der Waals surface area contributed by atoms with Crippen molar-refractivity contribution >= 4 is 21.7 Å². The molecule has 2 heteroatoms. The van der Waals surface area contributed by atoms with E-state index in [4.69, 9.17) is 2.74 Å². The Bertz CT molecular complexity index is 85.4. The molecule has 0 aromatic rings. The number of carbonyl (C=O) groups excluding carboxylic acids is 1. The van der Waals surface area contributed by atoms with E-state index in [1.807, 2.05) is 0 Å². The number of halogens is 1. The average Bonchev–Trinajstić information content (AvgIpc) is 1.31. The predicted octanol–water partition coefficient (Wildman–Crippen LogP) is 0.970. The van der Waals surface area contributed by atoms with Crippen LogP contribution in [-0.4, -0.2) is 11.1 Å². The summed E-state index contributed by atoms with van der Waals surface area (Å²) in [5, 5.41) is -1.83. The van der Waals surface area contributed by atoms with Gasteiger partial charge in [-0.05, 0) is 6.92 Å². The van der Waals surface area contributed by atoms with Crippen LogP contribution in [0.2, 0.25) is 0 Å². The van der Waals surface area contributed by atoms with Crippen LogP contribution in [0.15, 0.2) is 0 Å². The van der Waals surface area contributed by atoms with Gasteiger partial charge in [0.25, 0.3) is 0 Å². The molecule has 0 N–H and O–H groups in total. The second-order valence-electron chi connectivity index (χ2n) is 0.651. The van der Waals surface area contributed by atoms with E-state index in [1.165, 1.54) is 6.92 Å². The number of rotatable bonds is 1. The first-order chi connectivity index (χ1) is 2.94. The Labute approximate surface area is 42.3 Å². The Balaban J connectivity index is 3.79. The van der Waals surface area contributed by atoms with Crippen LogP contribution < -0.4 is 0 Å². The fourth-order valence-corrected chi connectivity index (χ4v) is 0. The van der Waals surface area contributed by atoms with E-state index in [0.29, 0.717) is 0 Å². The Kier molecular flexibility index (Phi) is 1.12. The van der Waals surface area contributed by atoms with Gasteiger partial charge in [-0.25, -0.2) is 0 Å². The molecule has 0 rings (SSSR count). The molecular weight excluding hydrogens is 132 g/mol. The summed E-state index contributed by atoms with van der Waals surface area (Å²) in [6, 6.07) is 0. The highest BCUT2D eigenvalue weighted by Crippen LogP contribution is 1.76. The Morgan fingerprint density at radius 1 is 2.40 bits per heavy atom. The van der Waals surface area contributed by atoms with Gasteiger partial charge in [0.1, 0.15) is 5.78 Å². The van der Waals surface area contributed by atoms with Gasteiger partial charge in [0, 0.05) is 2.74 Å². The zero-order valence-corrected chi connectivity index (χ0v) is 4.37. The molecule has 0 aromatic carbocycles. The molecule has 0 amide bonds. The molecule has 0 radical (unpaired) electrons. The molecule has 0 fully saturated rings. The van der Waals surface area contributed by atoms with Gasteiger partial charge in [-0.2, -0.15) is 0 Å². The topological polar surface area (TPSA) is 17.1 Å². The minimum Gasteiger partial charge on any atom is -0.299 e. The highest BCUT2D eigenvalue weighted by atomic mass is 79.9. The maximum atomic E-state index is 10.0. The lowest BCUT2D eigenvalue weighted by molar-refractivity contribution is -0.114. The molecule has 0 saturated carbocycles. The summed E-state index contributed by atoms with van der Waals surface area (Å²) in [5.41, 5.74) is 0. The predicted molar refractivity (Wildman–Crippen MR) is 24.5 cm³/mol. The second-order valence-corrected chi connectivity index (χ2v) is 1.05. The smallest absolute Gasteiger partial charge is 0.140 e. The summed E-state index contributed by atoms with van der Waals surface area (Å²) in [6.45, 7) is 1.19. The van der Waals surface area contributed by atoms with Gasteiger partial charge in [-0.3, -0.25) is 4.79 Å². The third-order valence-corrected chi connectivity index (χ3v) is 0.691. The van der Waals surface area contributed by atoms with Gasteiger partial charge in [0.15, 0.2) is 0 Å². The van der Waals surface area contributed by atoms with Gasteiger partial charge >= 0.3 is 0 Å². The van der Waals surface area contributed by atoms with E-state index in [0.717, 1.165) is 0 Å². The van der Waals surface area contributed by atoms with Crippen LogP contribution in [0, 0.1) is 0 Å². The summed E-state index contributed by atoms with van der Waals surface area (Å²) in [4.78, 5) is 10.0. The van der Waals surface area contributed by atoms with E-state index in [9.17, 15) is 4.79 Å². The zero-order valence-electron chi connectivity index (χ0n) is 4.79. The molecule has 0 atom stereocenters. The zero-order chi connectivity index (χ0) is 6.08. The first-order valence-electron chi connectivity index (χ1n) is 2.14. The first kappa shape index (κ1) is 2.35. The highest BCUT2D eigenvalue weighted by molar-refractivity contribution is 9.09. The van der Waals surface area contributed by atoms with Crippen LogP contribution in [0.3, 0.4) is 0 Å². The molecule has 0 aliphatic carbocycles. The summed E-state index contributed by atoms with van der Waals surface area (Å²) < 4.78 is 13.2. The van der Waals surface area contributed by atoms with E-state index in [1.54, 1.807) is 0 Å². The van der Waals surface area contributed by atoms with Gasteiger partial charge < -0.3 is 0 Å². The quantitative estimate of drug-likeness (QED) is 0.494. The maximum Gasteiger partial charge on any atom is 0.140 e. The molecule has 0 bridgehead atoms. The summed E-state index contributed by atoms with van der Waals surface area (Å²) in [6.07, 6.45) is 0. The van der Waals surface area contributed by atoms with Crippen molar-refractivity contribution in [1.82, 2.24) is 0 Å². The van der Waals surface area contributed by atoms with Crippen LogP contribution in [0.25, 0.3) is 0 Å². The molecule has 0 heterocycles. The summed E-state index contributed by atoms with van der Waals surface area (Å²) in [5.74, 6) is -0.507. The molecule has 5 heavy (non-hydrogen) atoms. The second kappa shape index (κ2) is 2.39. The Morgan fingerprint density at radius 3 is 2.60 bits per heavy atom. The van der Waals surface area contributed by atoms with Gasteiger partial charge in [0.05, 0.1) is 5.28 Å². The van der Waals surface area contributed by atoms with Crippen LogP contribution in [-0.2, 0) is 4.79 Å². The van der Waals surface area contributed by atoms with E-state index in [-0.39, 0.29) is 0 Å². The number of carbonyl (C=O) groups is 1. The molecule has 0 aliphatic rings. The van der Waals surface area contributed by atoms with Crippen molar-refractivity contribution in [3.05, 3.63) is 0 Å². The van der Waals surface area contributed by atoms with Crippen LogP contribution >= 0.6 is 15.9 Å². The largest absolute Gasteiger partial charge is 0.299 e. The molecule has 1 nitrogen and oxygen atoms in total. The highest BCUT2D eigenvalue weighted by Gasteiger charge is 1.78. The third-order valence-electron chi connectivity index (χ3n) is 0.133. The van der Waals surface area contributed by atoms with E-state index < -0.39 is 11.1 Å². The van der Waals surface area contributed by atoms with Crippen molar-refractivity contribution in [2.45, 2.75) is 6.92 Å². The average molecular weight is 139 g/mol. The van der Waals surface area contributed by atoms with Crippen molar-refractivity contribution in [2.75, 3.05) is 5.28 Å². The van der Waals surface area contributed by atoms with Crippen LogP contribution in [0.5, 0.6) is 0 Å². The fraction of sp³-hybridized carbons (Fsp3) is 0.667.